The summed E-state index contributed by atoms with van der Waals surface area (Å²) >= 11 is 0. The highest BCUT2D eigenvalue weighted by Crippen LogP contribution is 2.18. The van der Waals surface area contributed by atoms with Crippen LogP contribution in [0.15, 0.2) is 18.2 Å². The SMILES string of the molecule is COCCCC(NC(=O)OC(C)(C)C)c1cccc(C#C[Si](C)(C)C)n1. The fraction of sp³-hybridized carbons (Fsp3) is 0.600. The number of alkyl carbamates (subject to hydrolysis) is 1. The molecular weight excluding hydrogens is 344 g/mol. The number of methoxy groups -OCH3 is 1. The lowest BCUT2D eigenvalue weighted by Gasteiger charge is -2.23. The molecule has 1 unspecified atom stereocenters. The minimum atomic E-state index is -1.47. The van der Waals surface area contributed by atoms with Gasteiger partial charge in [-0.05, 0) is 45.7 Å². The maximum atomic E-state index is 12.2. The van der Waals surface area contributed by atoms with Gasteiger partial charge in [0, 0.05) is 13.7 Å². The molecule has 0 radical (unpaired) electrons. The van der Waals surface area contributed by atoms with Crippen molar-refractivity contribution in [2.45, 2.75) is 64.9 Å². The number of hydrogen-bond acceptors (Lipinski definition) is 4. The van der Waals surface area contributed by atoms with Gasteiger partial charge in [0.2, 0.25) is 0 Å². The average molecular weight is 377 g/mol. The monoisotopic (exact) mass is 376 g/mol. The van der Waals surface area contributed by atoms with E-state index in [9.17, 15) is 4.79 Å². The highest BCUT2D eigenvalue weighted by atomic mass is 28.3. The maximum Gasteiger partial charge on any atom is 0.408 e. The summed E-state index contributed by atoms with van der Waals surface area (Å²) in [6, 6.07) is 5.50. The van der Waals surface area contributed by atoms with E-state index in [1.807, 2.05) is 39.0 Å². The second-order valence-electron chi connectivity index (χ2n) is 8.28. The normalized spacial score (nSPS) is 12.7. The predicted molar refractivity (Wildman–Crippen MR) is 108 cm³/mol. The Labute approximate surface area is 158 Å². The number of amides is 1. The summed E-state index contributed by atoms with van der Waals surface area (Å²) in [6.07, 6.45) is 1.08. The van der Waals surface area contributed by atoms with Gasteiger partial charge < -0.3 is 14.8 Å². The van der Waals surface area contributed by atoms with E-state index < -0.39 is 19.8 Å². The van der Waals surface area contributed by atoms with Gasteiger partial charge in [0.15, 0.2) is 0 Å². The Bertz CT molecular complexity index is 651. The molecule has 144 valence electrons. The molecule has 1 N–H and O–H groups in total. The molecular formula is C20H32N2O3Si. The molecule has 1 rings (SSSR count). The zero-order valence-electron chi connectivity index (χ0n) is 17.1. The smallest absolute Gasteiger partial charge is 0.408 e. The molecule has 0 aliphatic heterocycles. The van der Waals surface area contributed by atoms with Gasteiger partial charge >= 0.3 is 6.09 Å². The van der Waals surface area contributed by atoms with Crippen LogP contribution in [0.3, 0.4) is 0 Å². The molecule has 1 aromatic heterocycles. The first-order valence-electron chi connectivity index (χ1n) is 8.99. The van der Waals surface area contributed by atoms with Crippen LogP contribution in [0.25, 0.3) is 0 Å². The van der Waals surface area contributed by atoms with Crippen molar-refractivity contribution in [3.8, 4) is 11.5 Å². The third kappa shape index (κ3) is 9.59. The fourth-order valence-corrected chi connectivity index (χ4v) is 2.65. The van der Waals surface area contributed by atoms with Crippen LogP contribution in [-0.4, -0.2) is 38.5 Å². The molecule has 6 heteroatoms. The van der Waals surface area contributed by atoms with Crippen molar-refractivity contribution in [3.05, 3.63) is 29.6 Å². The van der Waals surface area contributed by atoms with Crippen molar-refractivity contribution in [1.29, 1.82) is 0 Å². The van der Waals surface area contributed by atoms with Crippen molar-refractivity contribution in [2.24, 2.45) is 0 Å². The molecule has 26 heavy (non-hydrogen) atoms. The zero-order valence-corrected chi connectivity index (χ0v) is 18.1. The maximum absolute atomic E-state index is 12.2. The van der Waals surface area contributed by atoms with E-state index in [1.165, 1.54) is 0 Å². The topological polar surface area (TPSA) is 60.5 Å². The van der Waals surface area contributed by atoms with Crippen LogP contribution < -0.4 is 5.32 Å². The van der Waals surface area contributed by atoms with Crippen LogP contribution >= 0.6 is 0 Å². The van der Waals surface area contributed by atoms with Gasteiger partial charge in [-0.3, -0.25) is 0 Å². The van der Waals surface area contributed by atoms with E-state index in [0.29, 0.717) is 13.0 Å². The van der Waals surface area contributed by atoms with Crippen molar-refractivity contribution in [2.75, 3.05) is 13.7 Å². The number of carbonyl (C=O) groups is 1. The quantitative estimate of drug-likeness (QED) is 0.457. The first-order valence-corrected chi connectivity index (χ1v) is 12.5. The van der Waals surface area contributed by atoms with Crippen molar-refractivity contribution < 1.29 is 14.3 Å². The highest BCUT2D eigenvalue weighted by molar-refractivity contribution is 6.83. The summed E-state index contributed by atoms with van der Waals surface area (Å²) in [4.78, 5) is 16.8. The van der Waals surface area contributed by atoms with Crippen LogP contribution in [0.5, 0.6) is 0 Å². The molecule has 0 fully saturated rings. The fourth-order valence-electron chi connectivity index (χ4n) is 2.14. The van der Waals surface area contributed by atoms with Crippen LogP contribution in [0.4, 0.5) is 4.79 Å². The molecule has 1 amide bonds. The Morgan fingerprint density at radius 1 is 1.31 bits per heavy atom. The first kappa shape index (κ1) is 22.2. The Hall–Kier alpha value is -1.84. The first-order chi connectivity index (χ1) is 12.0. The molecule has 0 bridgehead atoms. The van der Waals surface area contributed by atoms with Gasteiger partial charge in [-0.25, -0.2) is 9.78 Å². The van der Waals surface area contributed by atoms with E-state index in [-0.39, 0.29) is 6.04 Å². The summed E-state index contributed by atoms with van der Waals surface area (Å²) in [5, 5.41) is 2.93. The van der Waals surface area contributed by atoms with E-state index in [2.05, 4.69) is 41.4 Å². The lowest BCUT2D eigenvalue weighted by molar-refractivity contribution is 0.0496. The third-order valence-corrected chi connectivity index (χ3v) is 4.10. The van der Waals surface area contributed by atoms with Crippen molar-refractivity contribution >= 4 is 14.2 Å². The molecule has 5 nitrogen and oxygen atoms in total. The molecule has 0 spiro atoms. The number of carbonyl (C=O) groups excluding carboxylic acids is 1. The van der Waals surface area contributed by atoms with Gasteiger partial charge in [-0.15, -0.1) is 5.54 Å². The number of nitrogens with zero attached hydrogens (tertiary/aromatic N) is 1. The highest BCUT2D eigenvalue weighted by Gasteiger charge is 2.21. The molecule has 0 aliphatic carbocycles. The second-order valence-corrected chi connectivity index (χ2v) is 13.0. The molecule has 1 atom stereocenters. The molecule has 1 aromatic rings. The Balaban J connectivity index is 2.98. The number of nitrogens with one attached hydrogen (secondary N) is 1. The number of rotatable bonds is 6. The van der Waals surface area contributed by atoms with Crippen LogP contribution in [0, 0.1) is 11.5 Å². The predicted octanol–water partition coefficient (Wildman–Crippen LogP) is 4.30. The standard InChI is InChI=1S/C20H32N2O3Si/c1-20(2,3)25-19(23)22-18(12-9-14-24-4)17-11-8-10-16(21-17)13-15-26(5,6)7/h8,10-11,18H,9,12,14H2,1-7H3,(H,22,23). The Morgan fingerprint density at radius 3 is 2.58 bits per heavy atom. The number of hydrogen-bond donors (Lipinski definition) is 1. The largest absolute Gasteiger partial charge is 0.444 e. The average Bonchev–Trinajstić information content (AvgIpc) is 2.50. The number of ether oxygens (including phenoxy) is 2. The van der Waals surface area contributed by atoms with Gasteiger partial charge in [-0.1, -0.05) is 31.6 Å². The molecule has 0 saturated carbocycles. The van der Waals surface area contributed by atoms with E-state index >= 15 is 0 Å². The lowest BCUT2D eigenvalue weighted by Crippen LogP contribution is -2.35. The third-order valence-electron chi connectivity index (χ3n) is 3.23. The van der Waals surface area contributed by atoms with E-state index in [1.54, 1.807) is 7.11 Å². The van der Waals surface area contributed by atoms with Crippen LogP contribution in [0.1, 0.15) is 51.0 Å². The van der Waals surface area contributed by atoms with Crippen molar-refractivity contribution in [1.82, 2.24) is 10.3 Å². The van der Waals surface area contributed by atoms with Gasteiger partial charge in [0.1, 0.15) is 19.4 Å². The van der Waals surface area contributed by atoms with E-state index in [0.717, 1.165) is 17.8 Å². The summed E-state index contributed by atoms with van der Waals surface area (Å²) < 4.78 is 10.5. The van der Waals surface area contributed by atoms with Crippen LogP contribution in [-0.2, 0) is 9.47 Å². The molecule has 0 aliphatic rings. The second kappa shape index (κ2) is 9.74. The Morgan fingerprint density at radius 2 is 2.00 bits per heavy atom. The molecule has 0 saturated heterocycles. The number of aromatic nitrogens is 1. The van der Waals surface area contributed by atoms with Crippen LogP contribution in [0.2, 0.25) is 19.6 Å². The molecule has 1 heterocycles. The van der Waals surface area contributed by atoms with Gasteiger partial charge in [0.25, 0.3) is 0 Å². The summed E-state index contributed by atoms with van der Waals surface area (Å²) in [5.41, 5.74) is 4.30. The van der Waals surface area contributed by atoms with Crippen molar-refractivity contribution in [3.63, 3.8) is 0 Å². The minimum Gasteiger partial charge on any atom is -0.444 e. The molecule has 0 aromatic carbocycles. The zero-order chi connectivity index (χ0) is 19.8. The minimum absolute atomic E-state index is 0.242. The number of pyridine rings is 1. The lowest BCUT2D eigenvalue weighted by atomic mass is 10.1. The summed E-state index contributed by atoms with van der Waals surface area (Å²) in [6.45, 7) is 12.7. The Kier molecular flexibility index (Phi) is 8.32. The van der Waals surface area contributed by atoms with E-state index in [4.69, 9.17) is 9.47 Å². The summed E-state index contributed by atoms with van der Waals surface area (Å²) in [5.74, 6) is 3.17. The van der Waals surface area contributed by atoms with Gasteiger partial charge in [-0.2, -0.15) is 0 Å². The summed E-state index contributed by atoms with van der Waals surface area (Å²) in [7, 11) is 0.197. The van der Waals surface area contributed by atoms with Gasteiger partial charge in [0.05, 0.1) is 11.7 Å².